The smallest absolute Gasteiger partial charge is 0.316 e. The first-order valence-electron chi connectivity index (χ1n) is 4.07. The van der Waals surface area contributed by atoms with E-state index in [-0.39, 0.29) is 6.61 Å². The van der Waals surface area contributed by atoms with Gasteiger partial charge in [-0.1, -0.05) is 0 Å². The molecule has 0 radical (unpaired) electrons. The predicted octanol–water partition coefficient (Wildman–Crippen LogP) is 1.48. The van der Waals surface area contributed by atoms with Crippen molar-refractivity contribution in [1.29, 1.82) is 0 Å². The molecule has 6 heteroatoms. The standard InChI is InChI=1S/C7H12F3NOS/c8-7(9,10)12-1-2-13-5-6-3-11-4-6/h6,11H,1-5H2. The number of hydrogen-bond donors (Lipinski definition) is 1. The number of rotatable bonds is 5. The van der Waals surface area contributed by atoms with E-state index in [0.717, 1.165) is 18.8 Å². The van der Waals surface area contributed by atoms with Crippen LogP contribution in [0.5, 0.6) is 0 Å². The van der Waals surface area contributed by atoms with Gasteiger partial charge in [-0.15, -0.1) is 13.2 Å². The molecule has 0 bridgehead atoms. The summed E-state index contributed by atoms with van der Waals surface area (Å²) in [6, 6.07) is 0. The molecule has 0 amide bonds. The molecule has 78 valence electrons. The number of thioether (sulfide) groups is 1. The third kappa shape index (κ3) is 5.38. The molecule has 1 heterocycles. The average molecular weight is 215 g/mol. The Labute approximate surface area is 79.2 Å². The van der Waals surface area contributed by atoms with Gasteiger partial charge < -0.3 is 5.32 Å². The van der Waals surface area contributed by atoms with Gasteiger partial charge in [-0.2, -0.15) is 11.8 Å². The Kier molecular flexibility index (Phi) is 4.34. The summed E-state index contributed by atoms with van der Waals surface area (Å²) in [6.07, 6.45) is -4.47. The molecule has 1 rings (SSSR count). The van der Waals surface area contributed by atoms with Crippen LogP contribution in [0.15, 0.2) is 0 Å². The minimum Gasteiger partial charge on any atom is -0.316 e. The largest absolute Gasteiger partial charge is 0.522 e. The van der Waals surface area contributed by atoms with E-state index in [1.54, 1.807) is 0 Å². The van der Waals surface area contributed by atoms with Crippen molar-refractivity contribution in [3.8, 4) is 0 Å². The summed E-state index contributed by atoms with van der Waals surface area (Å²) in [4.78, 5) is 0. The van der Waals surface area contributed by atoms with Crippen LogP contribution in [0.2, 0.25) is 0 Å². The molecule has 0 atom stereocenters. The van der Waals surface area contributed by atoms with Crippen molar-refractivity contribution in [2.24, 2.45) is 5.92 Å². The molecule has 0 aliphatic carbocycles. The number of halogens is 3. The topological polar surface area (TPSA) is 21.3 Å². The summed E-state index contributed by atoms with van der Waals surface area (Å²) in [6.45, 7) is 1.74. The molecule has 0 aromatic carbocycles. The molecule has 1 fully saturated rings. The van der Waals surface area contributed by atoms with Crippen molar-refractivity contribution >= 4 is 11.8 Å². The van der Waals surface area contributed by atoms with Gasteiger partial charge in [0.15, 0.2) is 0 Å². The van der Waals surface area contributed by atoms with Crippen LogP contribution in [0.4, 0.5) is 13.2 Å². The first kappa shape index (κ1) is 11.1. The molecule has 0 aromatic heterocycles. The molecule has 13 heavy (non-hydrogen) atoms. The second kappa shape index (κ2) is 5.07. The summed E-state index contributed by atoms with van der Waals surface area (Å²) >= 11 is 1.51. The lowest BCUT2D eigenvalue weighted by Gasteiger charge is -2.26. The van der Waals surface area contributed by atoms with Gasteiger partial charge in [0, 0.05) is 5.75 Å². The number of nitrogens with one attached hydrogen (secondary N) is 1. The fourth-order valence-electron chi connectivity index (χ4n) is 0.933. The first-order chi connectivity index (χ1) is 6.08. The third-order valence-electron chi connectivity index (χ3n) is 1.71. The van der Waals surface area contributed by atoms with Crippen LogP contribution in [-0.4, -0.2) is 37.6 Å². The molecular formula is C7H12F3NOS. The third-order valence-corrected chi connectivity index (χ3v) is 2.88. The second-order valence-corrected chi connectivity index (χ2v) is 4.04. The zero-order valence-corrected chi connectivity index (χ0v) is 7.88. The normalized spacial score (nSPS) is 18.7. The molecule has 1 aliphatic rings. The van der Waals surface area contributed by atoms with Crippen molar-refractivity contribution in [3.05, 3.63) is 0 Å². The first-order valence-corrected chi connectivity index (χ1v) is 5.22. The van der Waals surface area contributed by atoms with E-state index in [2.05, 4.69) is 10.1 Å². The maximum atomic E-state index is 11.5. The Morgan fingerprint density at radius 2 is 2.08 bits per heavy atom. The van der Waals surface area contributed by atoms with Gasteiger partial charge in [-0.05, 0) is 24.8 Å². The fourth-order valence-corrected chi connectivity index (χ4v) is 1.87. The Hall–Kier alpha value is 0.0600. The average Bonchev–Trinajstić information content (AvgIpc) is 1.90. The Morgan fingerprint density at radius 1 is 1.38 bits per heavy atom. The van der Waals surface area contributed by atoms with Crippen molar-refractivity contribution < 1.29 is 17.9 Å². The van der Waals surface area contributed by atoms with Crippen molar-refractivity contribution in [2.45, 2.75) is 6.36 Å². The highest BCUT2D eigenvalue weighted by molar-refractivity contribution is 7.99. The van der Waals surface area contributed by atoms with Gasteiger partial charge in [0.1, 0.15) is 0 Å². The van der Waals surface area contributed by atoms with E-state index in [9.17, 15) is 13.2 Å². The Bertz CT molecular complexity index is 149. The van der Waals surface area contributed by atoms with Gasteiger partial charge in [-0.25, -0.2) is 0 Å². The van der Waals surface area contributed by atoms with E-state index in [1.165, 1.54) is 11.8 Å². The molecule has 0 spiro atoms. The molecule has 0 aromatic rings. The number of hydrogen-bond acceptors (Lipinski definition) is 3. The van der Waals surface area contributed by atoms with Crippen LogP contribution >= 0.6 is 11.8 Å². The van der Waals surface area contributed by atoms with Crippen LogP contribution in [0.1, 0.15) is 0 Å². The Morgan fingerprint density at radius 3 is 2.54 bits per heavy atom. The second-order valence-electron chi connectivity index (χ2n) is 2.89. The highest BCUT2D eigenvalue weighted by Gasteiger charge is 2.28. The zero-order chi connectivity index (χ0) is 9.73. The SMILES string of the molecule is FC(F)(F)OCCSCC1CNC1. The maximum Gasteiger partial charge on any atom is 0.522 e. The molecular weight excluding hydrogens is 203 g/mol. The minimum absolute atomic E-state index is 0.242. The Balaban J connectivity index is 1.83. The highest BCUT2D eigenvalue weighted by atomic mass is 32.2. The molecule has 1 aliphatic heterocycles. The summed E-state index contributed by atoms with van der Waals surface area (Å²) < 4.78 is 38.1. The van der Waals surface area contributed by atoms with Crippen LogP contribution in [-0.2, 0) is 4.74 Å². The molecule has 1 N–H and O–H groups in total. The highest BCUT2D eigenvalue weighted by Crippen LogP contribution is 2.17. The van der Waals surface area contributed by atoms with Gasteiger partial charge in [-0.3, -0.25) is 4.74 Å². The lowest BCUT2D eigenvalue weighted by atomic mass is 10.1. The van der Waals surface area contributed by atoms with E-state index in [4.69, 9.17) is 0 Å². The van der Waals surface area contributed by atoms with Gasteiger partial charge in [0.2, 0.25) is 0 Å². The lowest BCUT2D eigenvalue weighted by molar-refractivity contribution is -0.322. The lowest BCUT2D eigenvalue weighted by Crippen LogP contribution is -2.43. The summed E-state index contributed by atoms with van der Waals surface area (Å²) in [5, 5.41) is 3.10. The van der Waals surface area contributed by atoms with Crippen molar-refractivity contribution in [1.82, 2.24) is 5.32 Å². The van der Waals surface area contributed by atoms with Gasteiger partial charge in [0.05, 0.1) is 6.61 Å². The van der Waals surface area contributed by atoms with E-state index in [0.29, 0.717) is 11.7 Å². The fraction of sp³-hybridized carbons (Fsp3) is 1.00. The summed E-state index contributed by atoms with van der Waals surface area (Å²) in [7, 11) is 0. The molecule has 0 saturated carbocycles. The van der Waals surface area contributed by atoms with Gasteiger partial charge in [0.25, 0.3) is 0 Å². The quantitative estimate of drug-likeness (QED) is 0.702. The van der Waals surface area contributed by atoms with Crippen LogP contribution in [0.3, 0.4) is 0 Å². The number of alkyl halides is 3. The minimum atomic E-state index is -4.47. The number of ether oxygens (including phenoxy) is 1. The molecule has 1 saturated heterocycles. The summed E-state index contributed by atoms with van der Waals surface area (Å²) in [5.74, 6) is 1.97. The van der Waals surface area contributed by atoms with Gasteiger partial charge >= 0.3 is 6.36 Å². The predicted molar refractivity (Wildman–Crippen MR) is 45.7 cm³/mol. The van der Waals surface area contributed by atoms with Crippen LogP contribution in [0, 0.1) is 5.92 Å². The summed E-state index contributed by atoms with van der Waals surface area (Å²) in [5.41, 5.74) is 0. The van der Waals surface area contributed by atoms with Crippen LogP contribution < -0.4 is 5.32 Å². The van der Waals surface area contributed by atoms with Crippen LogP contribution in [0.25, 0.3) is 0 Å². The van der Waals surface area contributed by atoms with E-state index >= 15 is 0 Å². The van der Waals surface area contributed by atoms with E-state index < -0.39 is 6.36 Å². The zero-order valence-electron chi connectivity index (χ0n) is 7.06. The van der Waals surface area contributed by atoms with Crippen molar-refractivity contribution in [2.75, 3.05) is 31.2 Å². The molecule has 0 unspecified atom stereocenters. The van der Waals surface area contributed by atoms with Crippen molar-refractivity contribution in [3.63, 3.8) is 0 Å². The maximum absolute atomic E-state index is 11.5. The van der Waals surface area contributed by atoms with E-state index in [1.807, 2.05) is 0 Å². The molecule has 2 nitrogen and oxygen atoms in total. The monoisotopic (exact) mass is 215 g/mol.